The number of hydrogen-bond acceptors (Lipinski definition) is 7. The number of rotatable bonds is 8. The number of imidazole rings is 1. The third-order valence-corrected chi connectivity index (χ3v) is 5.02. The fourth-order valence-electron chi connectivity index (χ4n) is 3.10. The number of carbonyl (C=O) groups excluding carboxylic acids is 1. The number of pyridine rings is 1. The molecule has 176 valence electrons. The van der Waals surface area contributed by atoms with Crippen LogP contribution < -0.4 is 10.1 Å². The van der Waals surface area contributed by atoms with E-state index in [9.17, 15) is 4.79 Å². The maximum absolute atomic E-state index is 12.6. The highest BCUT2D eigenvalue weighted by molar-refractivity contribution is 5.92. The Bertz CT molecular complexity index is 1250. The standard InChI is InChI=1S/C25H28N6O3/c1-5-12-33-19-8-6-17(7-9-19)14-27-22(32)20-15-31(16-28-20)21-13-18(10-11-26-21)23-29-24(30-34-23)25(2,3)4/h6-11,13,15-16H,5,12,14H2,1-4H3,(H,27,32). The summed E-state index contributed by atoms with van der Waals surface area (Å²) in [6.07, 6.45) is 5.80. The van der Waals surface area contributed by atoms with Crippen molar-refractivity contribution in [1.82, 2.24) is 30.0 Å². The first-order valence-corrected chi connectivity index (χ1v) is 11.2. The Labute approximate surface area is 198 Å². The van der Waals surface area contributed by atoms with Crippen molar-refractivity contribution in [3.05, 3.63) is 72.2 Å². The van der Waals surface area contributed by atoms with E-state index in [-0.39, 0.29) is 11.3 Å². The highest BCUT2D eigenvalue weighted by Gasteiger charge is 2.21. The molecule has 0 spiro atoms. The van der Waals surface area contributed by atoms with Crippen LogP contribution in [0.2, 0.25) is 0 Å². The Hall–Kier alpha value is -4.01. The fourth-order valence-corrected chi connectivity index (χ4v) is 3.10. The molecule has 0 atom stereocenters. The van der Waals surface area contributed by atoms with Gasteiger partial charge in [-0.25, -0.2) is 9.97 Å². The summed E-state index contributed by atoms with van der Waals surface area (Å²) < 4.78 is 12.7. The average molecular weight is 461 g/mol. The van der Waals surface area contributed by atoms with Gasteiger partial charge >= 0.3 is 0 Å². The van der Waals surface area contributed by atoms with Crippen LogP contribution in [0.15, 0.2) is 59.6 Å². The van der Waals surface area contributed by atoms with Crippen LogP contribution in [0.25, 0.3) is 17.3 Å². The van der Waals surface area contributed by atoms with Crippen molar-refractivity contribution in [2.75, 3.05) is 6.61 Å². The minimum absolute atomic E-state index is 0.213. The second-order valence-electron chi connectivity index (χ2n) is 8.92. The summed E-state index contributed by atoms with van der Waals surface area (Å²) in [5.41, 5.74) is 1.79. The van der Waals surface area contributed by atoms with Crippen LogP contribution in [0.4, 0.5) is 0 Å². The number of amides is 1. The van der Waals surface area contributed by atoms with Crippen LogP contribution in [0.5, 0.6) is 5.75 Å². The summed E-state index contributed by atoms with van der Waals surface area (Å²) in [7, 11) is 0. The smallest absolute Gasteiger partial charge is 0.271 e. The summed E-state index contributed by atoms with van der Waals surface area (Å²) >= 11 is 0. The molecule has 0 aliphatic rings. The Morgan fingerprint density at radius 1 is 1.15 bits per heavy atom. The van der Waals surface area contributed by atoms with Crippen molar-refractivity contribution in [3.63, 3.8) is 0 Å². The summed E-state index contributed by atoms with van der Waals surface area (Å²) in [6, 6.07) is 11.3. The van der Waals surface area contributed by atoms with Gasteiger partial charge in [-0.2, -0.15) is 4.98 Å². The summed E-state index contributed by atoms with van der Waals surface area (Å²) in [4.78, 5) is 25.7. The van der Waals surface area contributed by atoms with Crippen LogP contribution in [-0.4, -0.2) is 37.2 Å². The zero-order chi connectivity index (χ0) is 24.1. The third kappa shape index (κ3) is 5.48. The maximum Gasteiger partial charge on any atom is 0.271 e. The number of ether oxygens (including phenoxy) is 1. The molecule has 1 N–H and O–H groups in total. The first kappa shape index (κ1) is 23.2. The van der Waals surface area contributed by atoms with Crippen LogP contribution in [0, 0.1) is 0 Å². The second kappa shape index (κ2) is 9.86. The van der Waals surface area contributed by atoms with E-state index < -0.39 is 0 Å². The normalized spacial score (nSPS) is 11.4. The van der Waals surface area contributed by atoms with Gasteiger partial charge < -0.3 is 14.6 Å². The largest absolute Gasteiger partial charge is 0.494 e. The number of carbonyl (C=O) groups is 1. The van der Waals surface area contributed by atoms with Crippen molar-refractivity contribution in [2.45, 2.75) is 46.1 Å². The number of benzene rings is 1. The molecule has 0 aliphatic heterocycles. The first-order chi connectivity index (χ1) is 16.3. The van der Waals surface area contributed by atoms with Gasteiger partial charge in [-0.1, -0.05) is 45.0 Å². The predicted molar refractivity (Wildman–Crippen MR) is 127 cm³/mol. The zero-order valence-electron chi connectivity index (χ0n) is 19.8. The molecule has 0 bridgehead atoms. The van der Waals surface area contributed by atoms with Crippen molar-refractivity contribution in [2.24, 2.45) is 0 Å². The molecule has 0 unspecified atom stereocenters. The first-order valence-electron chi connectivity index (χ1n) is 11.2. The van der Waals surface area contributed by atoms with E-state index >= 15 is 0 Å². The molecule has 0 aliphatic carbocycles. The lowest BCUT2D eigenvalue weighted by Gasteiger charge is -2.10. The van der Waals surface area contributed by atoms with E-state index in [0.717, 1.165) is 23.3 Å². The van der Waals surface area contributed by atoms with Gasteiger partial charge in [0.15, 0.2) is 5.82 Å². The van der Waals surface area contributed by atoms with E-state index in [2.05, 4.69) is 32.3 Å². The van der Waals surface area contributed by atoms with Gasteiger partial charge in [0, 0.05) is 29.9 Å². The van der Waals surface area contributed by atoms with Crippen LogP contribution >= 0.6 is 0 Å². The maximum atomic E-state index is 12.6. The number of nitrogens with one attached hydrogen (secondary N) is 1. The third-order valence-electron chi connectivity index (χ3n) is 5.02. The summed E-state index contributed by atoms with van der Waals surface area (Å²) in [5.74, 6) is 2.18. The van der Waals surface area contributed by atoms with Crippen molar-refractivity contribution < 1.29 is 14.1 Å². The molecule has 1 amide bonds. The average Bonchev–Trinajstić information content (AvgIpc) is 3.52. The molecule has 9 nitrogen and oxygen atoms in total. The molecule has 34 heavy (non-hydrogen) atoms. The lowest BCUT2D eigenvalue weighted by molar-refractivity contribution is 0.0946. The van der Waals surface area contributed by atoms with Crippen LogP contribution in [-0.2, 0) is 12.0 Å². The summed E-state index contributed by atoms with van der Waals surface area (Å²) in [5, 5.41) is 6.96. The molecule has 0 saturated heterocycles. The van der Waals surface area contributed by atoms with Gasteiger partial charge in [0.1, 0.15) is 23.6 Å². The van der Waals surface area contributed by atoms with Crippen molar-refractivity contribution in [3.8, 4) is 23.0 Å². The molecule has 3 aromatic heterocycles. The minimum Gasteiger partial charge on any atom is -0.494 e. The molecule has 4 aromatic rings. The quantitative estimate of drug-likeness (QED) is 0.417. The Morgan fingerprint density at radius 2 is 1.94 bits per heavy atom. The van der Waals surface area contributed by atoms with E-state index in [1.54, 1.807) is 29.4 Å². The molecule has 4 rings (SSSR count). The number of nitrogens with zero attached hydrogens (tertiary/aromatic N) is 5. The fraction of sp³-hybridized carbons (Fsp3) is 0.320. The lowest BCUT2D eigenvalue weighted by Crippen LogP contribution is -2.23. The van der Waals surface area contributed by atoms with E-state index in [0.29, 0.717) is 36.4 Å². The van der Waals surface area contributed by atoms with Crippen molar-refractivity contribution >= 4 is 5.91 Å². The SMILES string of the molecule is CCCOc1ccc(CNC(=O)c2cn(-c3cc(-c4nc(C(C)(C)C)no4)ccn3)cn2)cc1. The van der Waals surface area contributed by atoms with Gasteiger partial charge in [-0.05, 0) is 36.2 Å². The van der Waals surface area contributed by atoms with Gasteiger partial charge in [-0.15, -0.1) is 0 Å². The Morgan fingerprint density at radius 3 is 2.65 bits per heavy atom. The molecule has 0 radical (unpaired) electrons. The number of aromatic nitrogens is 5. The summed E-state index contributed by atoms with van der Waals surface area (Å²) in [6.45, 7) is 9.20. The molecular weight excluding hydrogens is 432 g/mol. The predicted octanol–water partition coefficient (Wildman–Crippen LogP) is 4.33. The molecule has 0 fully saturated rings. The molecule has 3 heterocycles. The highest BCUT2D eigenvalue weighted by atomic mass is 16.5. The Balaban J connectivity index is 1.41. The highest BCUT2D eigenvalue weighted by Crippen LogP contribution is 2.24. The topological polar surface area (TPSA) is 108 Å². The van der Waals surface area contributed by atoms with Crippen LogP contribution in [0.3, 0.4) is 0 Å². The number of hydrogen-bond donors (Lipinski definition) is 1. The van der Waals surface area contributed by atoms with E-state index in [1.807, 2.05) is 51.1 Å². The molecule has 9 heteroatoms. The minimum atomic E-state index is -0.270. The monoisotopic (exact) mass is 460 g/mol. The van der Waals surface area contributed by atoms with Gasteiger partial charge in [-0.3, -0.25) is 9.36 Å². The lowest BCUT2D eigenvalue weighted by atomic mass is 9.96. The second-order valence-corrected chi connectivity index (χ2v) is 8.92. The molecule has 1 aromatic carbocycles. The van der Waals surface area contributed by atoms with Gasteiger partial charge in [0.2, 0.25) is 0 Å². The van der Waals surface area contributed by atoms with Gasteiger partial charge in [0.25, 0.3) is 11.8 Å². The zero-order valence-corrected chi connectivity index (χ0v) is 19.8. The molecular formula is C25H28N6O3. The van der Waals surface area contributed by atoms with E-state index in [1.165, 1.54) is 0 Å². The Kier molecular flexibility index (Phi) is 6.72. The van der Waals surface area contributed by atoms with Gasteiger partial charge in [0.05, 0.1) is 6.61 Å². The van der Waals surface area contributed by atoms with Crippen LogP contribution in [0.1, 0.15) is 56.0 Å². The van der Waals surface area contributed by atoms with Crippen molar-refractivity contribution in [1.29, 1.82) is 0 Å². The molecule has 0 saturated carbocycles. The van der Waals surface area contributed by atoms with E-state index in [4.69, 9.17) is 9.26 Å².